The maximum atomic E-state index is 13.6. The van der Waals surface area contributed by atoms with E-state index < -0.39 is 17.7 Å². The van der Waals surface area contributed by atoms with Crippen LogP contribution >= 0.6 is 11.6 Å². The number of alkyl halides is 3. The van der Waals surface area contributed by atoms with Crippen LogP contribution in [0, 0.1) is 6.92 Å². The first-order valence-electron chi connectivity index (χ1n) is 12.5. The molecule has 1 aromatic heterocycles. The number of anilines is 1. The molecular formula is C30H23ClF3N3O2. The number of nitrogens with one attached hydrogen (secondary N) is 1. The second-order valence-corrected chi connectivity index (χ2v) is 10.0. The van der Waals surface area contributed by atoms with Gasteiger partial charge in [0.2, 0.25) is 0 Å². The zero-order valence-electron chi connectivity index (χ0n) is 20.8. The zero-order valence-corrected chi connectivity index (χ0v) is 21.6. The van der Waals surface area contributed by atoms with Crippen molar-refractivity contribution in [3.63, 3.8) is 0 Å². The van der Waals surface area contributed by atoms with Gasteiger partial charge >= 0.3 is 6.18 Å². The smallest absolute Gasteiger partial charge is 0.416 e. The SMILES string of the molecule is Cc1nn(-c2cc(C(F)(F)F)ccc2Cl)c2c1C(c1cccc(Oc3ccccc3)c1)C1=C(CCCC1=O)N2. The number of Topliss-reactive ketones (excluding diaryl/α,β-unsaturated/α-hetero) is 1. The van der Waals surface area contributed by atoms with Crippen molar-refractivity contribution in [2.45, 2.75) is 38.3 Å². The lowest BCUT2D eigenvalue weighted by Crippen LogP contribution is -2.27. The summed E-state index contributed by atoms with van der Waals surface area (Å²) in [5.41, 5.74) is 2.81. The highest BCUT2D eigenvalue weighted by Gasteiger charge is 2.39. The van der Waals surface area contributed by atoms with Gasteiger partial charge in [0.15, 0.2) is 5.78 Å². The molecule has 39 heavy (non-hydrogen) atoms. The van der Waals surface area contributed by atoms with Crippen LogP contribution in [0.4, 0.5) is 19.0 Å². The Morgan fingerprint density at radius 3 is 2.54 bits per heavy atom. The number of aryl methyl sites for hydroxylation is 1. The molecule has 0 saturated heterocycles. The minimum absolute atomic E-state index is 0.0398. The van der Waals surface area contributed by atoms with E-state index in [0.717, 1.165) is 23.4 Å². The van der Waals surface area contributed by atoms with E-state index >= 15 is 0 Å². The maximum Gasteiger partial charge on any atom is 0.416 e. The van der Waals surface area contributed by atoms with Gasteiger partial charge in [-0.1, -0.05) is 41.9 Å². The molecule has 9 heteroatoms. The molecule has 1 aliphatic carbocycles. The number of aromatic nitrogens is 2. The Bertz CT molecular complexity index is 1630. The minimum atomic E-state index is -4.54. The Labute approximate surface area is 227 Å². The maximum absolute atomic E-state index is 13.6. The first-order valence-corrected chi connectivity index (χ1v) is 12.9. The Morgan fingerprint density at radius 1 is 1.00 bits per heavy atom. The van der Waals surface area contributed by atoms with Crippen LogP contribution in [0.25, 0.3) is 5.69 Å². The molecule has 198 valence electrons. The first kappa shape index (κ1) is 25.2. The molecule has 3 aromatic carbocycles. The lowest BCUT2D eigenvalue weighted by molar-refractivity contribution is -0.137. The Morgan fingerprint density at radius 2 is 1.77 bits per heavy atom. The van der Waals surface area contributed by atoms with Crippen LogP contribution in [0.15, 0.2) is 84.1 Å². The molecule has 2 heterocycles. The van der Waals surface area contributed by atoms with Gasteiger partial charge in [-0.15, -0.1) is 0 Å². The normalized spacial score (nSPS) is 16.9. The summed E-state index contributed by atoms with van der Waals surface area (Å²) in [5, 5.41) is 8.10. The van der Waals surface area contributed by atoms with Crippen molar-refractivity contribution >= 4 is 23.2 Å². The number of halogens is 4. The summed E-state index contributed by atoms with van der Waals surface area (Å²) in [6.07, 6.45) is -2.79. The first-order chi connectivity index (χ1) is 18.7. The van der Waals surface area contributed by atoms with Crippen LogP contribution in [-0.2, 0) is 11.0 Å². The van der Waals surface area contributed by atoms with Crippen LogP contribution in [0.1, 0.15) is 47.6 Å². The van der Waals surface area contributed by atoms with Crippen LogP contribution in [-0.4, -0.2) is 15.6 Å². The van der Waals surface area contributed by atoms with Gasteiger partial charge in [-0.3, -0.25) is 4.79 Å². The number of ketones is 1. The second kappa shape index (κ2) is 9.61. The quantitative estimate of drug-likeness (QED) is 0.279. The predicted octanol–water partition coefficient (Wildman–Crippen LogP) is 8.21. The summed E-state index contributed by atoms with van der Waals surface area (Å²) in [7, 11) is 0. The number of fused-ring (bicyclic) bond motifs is 1. The largest absolute Gasteiger partial charge is 0.457 e. The van der Waals surface area contributed by atoms with Crippen molar-refractivity contribution in [2.75, 3.05) is 5.32 Å². The number of allylic oxidation sites excluding steroid dienone is 2. The Balaban J connectivity index is 1.51. The van der Waals surface area contributed by atoms with Gasteiger partial charge in [0.25, 0.3) is 0 Å². The Kier molecular flexibility index (Phi) is 6.22. The van der Waals surface area contributed by atoms with Crippen LogP contribution in [0.5, 0.6) is 11.5 Å². The van der Waals surface area contributed by atoms with E-state index in [1.807, 2.05) is 54.6 Å². The summed E-state index contributed by atoms with van der Waals surface area (Å²) in [4.78, 5) is 13.3. The fourth-order valence-electron chi connectivity index (χ4n) is 5.36. The molecule has 0 saturated carbocycles. The van der Waals surface area contributed by atoms with E-state index in [4.69, 9.17) is 16.3 Å². The molecule has 0 amide bonds. The van der Waals surface area contributed by atoms with Crippen molar-refractivity contribution in [3.8, 4) is 17.2 Å². The van der Waals surface area contributed by atoms with Crippen molar-refractivity contribution in [1.82, 2.24) is 9.78 Å². The van der Waals surface area contributed by atoms with Gasteiger partial charge in [0, 0.05) is 29.2 Å². The highest BCUT2D eigenvalue weighted by Crippen LogP contribution is 2.48. The van der Waals surface area contributed by atoms with Gasteiger partial charge in [-0.2, -0.15) is 18.3 Å². The van der Waals surface area contributed by atoms with E-state index in [2.05, 4.69) is 10.4 Å². The number of hydrogen-bond acceptors (Lipinski definition) is 4. The molecule has 2 aliphatic rings. The molecule has 0 bridgehead atoms. The molecule has 6 rings (SSSR count). The molecule has 0 radical (unpaired) electrons. The molecule has 1 unspecified atom stereocenters. The van der Waals surface area contributed by atoms with Crippen LogP contribution < -0.4 is 10.1 Å². The van der Waals surface area contributed by atoms with Gasteiger partial charge < -0.3 is 10.1 Å². The Hall–Kier alpha value is -4.04. The lowest BCUT2D eigenvalue weighted by Gasteiger charge is -2.33. The number of rotatable bonds is 4. The fraction of sp³-hybridized carbons (Fsp3) is 0.200. The molecule has 1 aliphatic heterocycles. The third-order valence-electron chi connectivity index (χ3n) is 7.08. The summed E-state index contributed by atoms with van der Waals surface area (Å²) in [5.74, 6) is 1.36. The molecule has 0 fully saturated rings. The van der Waals surface area contributed by atoms with E-state index in [9.17, 15) is 18.0 Å². The van der Waals surface area contributed by atoms with Gasteiger partial charge in [0.1, 0.15) is 17.3 Å². The third kappa shape index (κ3) is 4.59. The standard InChI is InChI=1S/C30H23ClF3N3O2/c1-17-26-27(18-7-5-10-21(15-18)39-20-8-3-2-4-9-20)28-23(11-6-12-25(28)38)35-29(26)37(36-17)24-16-19(30(32,33)34)13-14-22(24)31/h2-5,7-10,13-16,27,35H,6,11-12H2,1H3. The molecule has 5 nitrogen and oxygen atoms in total. The summed E-state index contributed by atoms with van der Waals surface area (Å²) in [6, 6.07) is 20.1. The van der Waals surface area contributed by atoms with Gasteiger partial charge in [0.05, 0.1) is 22.0 Å². The predicted molar refractivity (Wildman–Crippen MR) is 143 cm³/mol. The molecule has 4 aromatic rings. The molecule has 0 spiro atoms. The number of ether oxygens (including phenoxy) is 1. The van der Waals surface area contributed by atoms with Gasteiger partial charge in [-0.25, -0.2) is 4.68 Å². The number of carbonyl (C=O) groups is 1. The van der Waals surface area contributed by atoms with E-state index in [1.165, 1.54) is 10.7 Å². The number of para-hydroxylation sites is 1. The van der Waals surface area contributed by atoms with Crippen molar-refractivity contribution in [3.05, 3.63) is 111 Å². The summed E-state index contributed by atoms with van der Waals surface area (Å²) < 4.78 is 48.2. The summed E-state index contributed by atoms with van der Waals surface area (Å²) >= 11 is 6.41. The highest BCUT2D eigenvalue weighted by molar-refractivity contribution is 6.32. The van der Waals surface area contributed by atoms with Crippen molar-refractivity contribution < 1.29 is 22.7 Å². The molecular weight excluding hydrogens is 527 g/mol. The minimum Gasteiger partial charge on any atom is -0.457 e. The van der Waals surface area contributed by atoms with Crippen LogP contribution in [0.2, 0.25) is 5.02 Å². The van der Waals surface area contributed by atoms with Crippen LogP contribution in [0.3, 0.4) is 0 Å². The van der Waals surface area contributed by atoms with Gasteiger partial charge in [-0.05, 0) is 67.8 Å². The van der Waals surface area contributed by atoms with E-state index in [-0.39, 0.29) is 16.5 Å². The average Bonchev–Trinajstić information content (AvgIpc) is 3.23. The van der Waals surface area contributed by atoms with E-state index in [0.29, 0.717) is 53.4 Å². The lowest BCUT2D eigenvalue weighted by atomic mass is 9.76. The number of benzene rings is 3. The highest BCUT2D eigenvalue weighted by atomic mass is 35.5. The number of carbonyl (C=O) groups excluding carboxylic acids is 1. The fourth-order valence-corrected chi connectivity index (χ4v) is 5.56. The second-order valence-electron chi connectivity index (χ2n) is 9.64. The molecule has 1 N–H and O–H groups in total. The molecule has 1 atom stereocenters. The van der Waals surface area contributed by atoms with Crippen molar-refractivity contribution in [1.29, 1.82) is 0 Å². The monoisotopic (exact) mass is 549 g/mol. The average molecular weight is 550 g/mol. The summed E-state index contributed by atoms with van der Waals surface area (Å²) in [6.45, 7) is 1.79. The number of nitrogens with zero attached hydrogens (tertiary/aromatic N) is 2. The van der Waals surface area contributed by atoms with E-state index in [1.54, 1.807) is 6.92 Å². The topological polar surface area (TPSA) is 56.2 Å². The van der Waals surface area contributed by atoms with Crippen molar-refractivity contribution in [2.24, 2.45) is 0 Å². The number of hydrogen-bond donors (Lipinski definition) is 1. The zero-order chi connectivity index (χ0) is 27.3. The third-order valence-corrected chi connectivity index (χ3v) is 7.40.